The van der Waals surface area contributed by atoms with Gasteiger partial charge in [0, 0.05) is 16.4 Å². The molecule has 0 unspecified atom stereocenters. The third-order valence-corrected chi connectivity index (χ3v) is 5.48. The zero-order chi connectivity index (χ0) is 16.9. The molecule has 1 aromatic heterocycles. The van der Waals surface area contributed by atoms with Crippen molar-refractivity contribution in [3.63, 3.8) is 0 Å². The van der Waals surface area contributed by atoms with Gasteiger partial charge in [-0.25, -0.2) is 4.39 Å². The van der Waals surface area contributed by atoms with E-state index in [4.69, 9.17) is 0 Å². The summed E-state index contributed by atoms with van der Waals surface area (Å²) in [5.74, 6) is 1.56. The van der Waals surface area contributed by atoms with Crippen LogP contribution in [0.3, 0.4) is 0 Å². The molecule has 7 heteroatoms. The van der Waals surface area contributed by atoms with E-state index >= 15 is 0 Å². The van der Waals surface area contributed by atoms with Crippen LogP contribution in [-0.2, 0) is 0 Å². The van der Waals surface area contributed by atoms with Gasteiger partial charge in [-0.15, -0.1) is 16.9 Å². The van der Waals surface area contributed by atoms with E-state index in [2.05, 4.69) is 47.6 Å². The molecule has 1 heterocycles. The Balaban J connectivity index is 1.60. The Hall–Kier alpha value is -1.86. The lowest BCUT2D eigenvalue weighted by molar-refractivity contribution is 0.626. The quantitative estimate of drug-likeness (QED) is 0.484. The average Bonchev–Trinajstić information content (AvgIpc) is 3.01. The predicted octanol–water partition coefficient (Wildman–Crippen LogP) is 4.30. The normalized spacial score (nSPS) is 11.0. The molecule has 124 valence electrons. The lowest BCUT2D eigenvalue weighted by Crippen LogP contribution is -2.01. The minimum absolute atomic E-state index is 0.207. The summed E-state index contributed by atoms with van der Waals surface area (Å²) in [5.41, 5.74) is 3.35. The smallest absolute Gasteiger partial charge is 0.207 e. The zero-order valence-electron chi connectivity index (χ0n) is 13.4. The molecule has 24 heavy (non-hydrogen) atoms. The first kappa shape index (κ1) is 17.0. The van der Waals surface area contributed by atoms with Gasteiger partial charge in [-0.1, -0.05) is 17.8 Å². The second-order valence-corrected chi connectivity index (χ2v) is 7.60. The van der Waals surface area contributed by atoms with Gasteiger partial charge in [0.1, 0.15) is 5.82 Å². The number of rotatable bonds is 6. The fourth-order valence-electron chi connectivity index (χ4n) is 2.33. The van der Waals surface area contributed by atoms with E-state index < -0.39 is 0 Å². The summed E-state index contributed by atoms with van der Waals surface area (Å²) in [5, 5.41) is 12.8. The van der Waals surface area contributed by atoms with Crippen LogP contribution in [0, 0.1) is 19.7 Å². The third kappa shape index (κ3) is 4.36. The lowest BCUT2D eigenvalue weighted by atomic mass is 10.1. The summed E-state index contributed by atoms with van der Waals surface area (Å²) in [6.45, 7) is 4.13. The highest BCUT2D eigenvalue weighted by Crippen LogP contribution is 2.23. The number of thioether (sulfide) groups is 2. The highest BCUT2D eigenvalue weighted by molar-refractivity contribution is 8.02. The van der Waals surface area contributed by atoms with Crippen LogP contribution in [0.25, 0.3) is 5.69 Å². The van der Waals surface area contributed by atoms with Gasteiger partial charge in [-0.2, -0.15) is 4.68 Å². The summed E-state index contributed by atoms with van der Waals surface area (Å²) in [6.07, 6.45) is 0. The molecule has 0 aliphatic rings. The van der Waals surface area contributed by atoms with Crippen molar-refractivity contribution in [1.82, 2.24) is 20.2 Å². The highest BCUT2D eigenvalue weighted by atomic mass is 32.2. The molecule has 0 N–H and O–H groups in total. The maximum Gasteiger partial charge on any atom is 0.214 e. The number of tetrazole rings is 1. The molecule has 0 saturated heterocycles. The summed E-state index contributed by atoms with van der Waals surface area (Å²) in [4.78, 5) is 1.06. The van der Waals surface area contributed by atoms with E-state index in [1.807, 2.05) is 0 Å². The molecular weight excluding hydrogens is 343 g/mol. The lowest BCUT2D eigenvalue weighted by Gasteiger charge is -2.07. The molecule has 0 fully saturated rings. The minimum atomic E-state index is -0.207. The van der Waals surface area contributed by atoms with Crippen molar-refractivity contribution in [1.29, 1.82) is 0 Å². The largest absolute Gasteiger partial charge is 0.214 e. The number of nitrogens with zero attached hydrogens (tertiary/aromatic N) is 4. The van der Waals surface area contributed by atoms with Crippen molar-refractivity contribution in [2.75, 3.05) is 11.5 Å². The number of halogens is 1. The summed E-state index contributed by atoms with van der Waals surface area (Å²) in [7, 11) is 0. The van der Waals surface area contributed by atoms with Crippen LogP contribution in [0.15, 0.2) is 52.5 Å². The van der Waals surface area contributed by atoms with Gasteiger partial charge in [0.25, 0.3) is 0 Å². The standard InChI is InChI=1S/C17H17FN4S2/c1-12-9-13(2)11-15(10-12)22-17(19-20-21-22)24-8-7-23-16-5-3-14(18)4-6-16/h3-6,9-11H,7-8H2,1-2H3. The Morgan fingerprint density at radius 1 is 0.958 bits per heavy atom. The highest BCUT2D eigenvalue weighted by Gasteiger charge is 2.09. The first-order valence-corrected chi connectivity index (χ1v) is 9.47. The SMILES string of the molecule is Cc1cc(C)cc(-n2nnnc2SCCSc2ccc(F)cc2)c1. The molecule has 4 nitrogen and oxygen atoms in total. The molecule has 3 rings (SSSR count). The van der Waals surface area contributed by atoms with Gasteiger partial charge >= 0.3 is 0 Å². The number of aryl methyl sites for hydroxylation is 2. The van der Waals surface area contributed by atoms with E-state index in [0.29, 0.717) is 0 Å². The first-order valence-electron chi connectivity index (χ1n) is 7.50. The molecule has 0 atom stereocenters. The van der Waals surface area contributed by atoms with E-state index in [-0.39, 0.29) is 5.82 Å². The summed E-state index contributed by atoms with van der Waals surface area (Å²) in [6, 6.07) is 12.8. The number of hydrogen-bond donors (Lipinski definition) is 0. The van der Waals surface area contributed by atoms with Crippen molar-refractivity contribution >= 4 is 23.5 Å². The van der Waals surface area contributed by atoms with Crippen LogP contribution in [-0.4, -0.2) is 31.7 Å². The van der Waals surface area contributed by atoms with Gasteiger partial charge in [-0.05, 0) is 71.8 Å². The fourth-order valence-corrected chi connectivity index (χ4v) is 4.10. The maximum absolute atomic E-state index is 12.9. The van der Waals surface area contributed by atoms with Gasteiger partial charge in [0.2, 0.25) is 5.16 Å². The molecule has 0 aliphatic carbocycles. The predicted molar refractivity (Wildman–Crippen MR) is 96.5 cm³/mol. The van der Waals surface area contributed by atoms with Gasteiger partial charge in [-0.3, -0.25) is 0 Å². The number of hydrogen-bond acceptors (Lipinski definition) is 5. The Labute approximate surface area is 148 Å². The van der Waals surface area contributed by atoms with Crippen LogP contribution in [0.4, 0.5) is 4.39 Å². The Morgan fingerprint density at radius 2 is 1.62 bits per heavy atom. The van der Waals surface area contributed by atoms with Crippen molar-refractivity contribution in [3.8, 4) is 5.69 Å². The first-order chi connectivity index (χ1) is 11.6. The van der Waals surface area contributed by atoms with Gasteiger partial charge < -0.3 is 0 Å². The van der Waals surface area contributed by atoms with Crippen molar-refractivity contribution in [2.45, 2.75) is 23.9 Å². The Kier molecular flexibility index (Phi) is 5.52. The maximum atomic E-state index is 12.9. The second kappa shape index (κ2) is 7.81. The van der Waals surface area contributed by atoms with Crippen molar-refractivity contribution < 1.29 is 4.39 Å². The van der Waals surface area contributed by atoms with Gasteiger partial charge in [0.15, 0.2) is 0 Å². The summed E-state index contributed by atoms with van der Waals surface area (Å²) < 4.78 is 14.7. The van der Waals surface area contributed by atoms with E-state index in [1.54, 1.807) is 40.3 Å². The molecule has 0 radical (unpaired) electrons. The van der Waals surface area contributed by atoms with E-state index in [0.717, 1.165) is 27.2 Å². The number of benzene rings is 2. The molecule has 0 spiro atoms. The second-order valence-electron chi connectivity index (χ2n) is 5.37. The average molecular weight is 360 g/mol. The van der Waals surface area contributed by atoms with Crippen LogP contribution in [0.2, 0.25) is 0 Å². The van der Waals surface area contributed by atoms with Crippen molar-refractivity contribution in [3.05, 3.63) is 59.4 Å². The molecule has 2 aromatic carbocycles. The molecule has 0 aliphatic heterocycles. The minimum Gasteiger partial charge on any atom is -0.207 e. The van der Waals surface area contributed by atoms with E-state index in [1.165, 1.54) is 23.3 Å². The van der Waals surface area contributed by atoms with Crippen LogP contribution < -0.4 is 0 Å². The molecular formula is C17H17FN4S2. The zero-order valence-corrected chi connectivity index (χ0v) is 15.1. The van der Waals surface area contributed by atoms with Crippen LogP contribution in [0.5, 0.6) is 0 Å². The fraction of sp³-hybridized carbons (Fsp3) is 0.235. The van der Waals surface area contributed by atoms with Gasteiger partial charge in [0.05, 0.1) is 5.69 Å². The molecule has 0 saturated carbocycles. The third-order valence-electron chi connectivity index (χ3n) is 3.29. The Morgan fingerprint density at radius 3 is 2.33 bits per heavy atom. The van der Waals surface area contributed by atoms with E-state index in [9.17, 15) is 4.39 Å². The topological polar surface area (TPSA) is 43.6 Å². The monoisotopic (exact) mass is 360 g/mol. The Bertz CT molecular complexity index is 797. The van der Waals surface area contributed by atoms with Crippen LogP contribution in [0.1, 0.15) is 11.1 Å². The summed E-state index contributed by atoms with van der Waals surface area (Å²) >= 11 is 3.31. The molecule has 3 aromatic rings. The van der Waals surface area contributed by atoms with Crippen LogP contribution >= 0.6 is 23.5 Å². The molecule has 0 bridgehead atoms. The molecule has 0 amide bonds. The number of aromatic nitrogens is 4. The van der Waals surface area contributed by atoms with Crippen molar-refractivity contribution in [2.24, 2.45) is 0 Å².